The van der Waals surface area contributed by atoms with Crippen molar-refractivity contribution in [1.82, 2.24) is 0 Å². The van der Waals surface area contributed by atoms with Gasteiger partial charge in [0.1, 0.15) is 0 Å². The van der Waals surface area contributed by atoms with Crippen molar-refractivity contribution in [1.29, 1.82) is 0 Å². The molecule has 1 fully saturated rings. The van der Waals surface area contributed by atoms with Gasteiger partial charge in [-0.2, -0.15) is 0 Å². The van der Waals surface area contributed by atoms with E-state index in [1.165, 1.54) is 0 Å². The molecule has 1 saturated heterocycles. The molecule has 2 N–H and O–H groups in total. The first-order valence-corrected chi connectivity index (χ1v) is 6.85. The SMILES string of the molecule is COCC1CCN(c2cc(Cl)c(Cl)cc2N)CC1. The Morgan fingerprint density at radius 2 is 1.89 bits per heavy atom. The van der Waals surface area contributed by atoms with E-state index in [2.05, 4.69) is 4.90 Å². The fourth-order valence-corrected chi connectivity index (χ4v) is 2.73. The fourth-order valence-electron chi connectivity index (χ4n) is 2.40. The number of ether oxygens (including phenoxy) is 1. The number of anilines is 2. The molecule has 1 aliphatic rings. The Kier molecular flexibility index (Phi) is 4.60. The molecule has 2 rings (SSSR count). The lowest BCUT2D eigenvalue weighted by Gasteiger charge is -2.34. The average molecular weight is 289 g/mol. The molecule has 1 heterocycles. The maximum Gasteiger partial charge on any atom is 0.0615 e. The van der Waals surface area contributed by atoms with Crippen LogP contribution in [0.25, 0.3) is 0 Å². The lowest BCUT2D eigenvalue weighted by atomic mass is 9.97. The zero-order valence-corrected chi connectivity index (χ0v) is 12.0. The standard InChI is InChI=1S/C13H18Cl2N2O/c1-18-8-9-2-4-17(5-3-9)13-7-11(15)10(14)6-12(13)16/h6-7,9H,2-5,8,16H2,1H3. The molecule has 0 amide bonds. The highest BCUT2D eigenvalue weighted by molar-refractivity contribution is 6.42. The molecular weight excluding hydrogens is 271 g/mol. The van der Waals surface area contributed by atoms with Crippen molar-refractivity contribution >= 4 is 34.6 Å². The number of hydrogen-bond donors (Lipinski definition) is 1. The van der Waals surface area contributed by atoms with Crippen molar-refractivity contribution in [2.24, 2.45) is 5.92 Å². The maximum atomic E-state index is 6.05. The molecule has 0 atom stereocenters. The van der Waals surface area contributed by atoms with Crippen LogP contribution in [0.3, 0.4) is 0 Å². The molecule has 3 nitrogen and oxygen atoms in total. The first-order chi connectivity index (χ1) is 8.61. The number of rotatable bonds is 3. The third-order valence-corrected chi connectivity index (χ3v) is 4.15. The number of piperidine rings is 1. The van der Waals surface area contributed by atoms with Gasteiger partial charge in [-0.05, 0) is 30.9 Å². The molecule has 0 unspecified atom stereocenters. The number of benzene rings is 1. The van der Waals surface area contributed by atoms with Gasteiger partial charge in [-0.25, -0.2) is 0 Å². The van der Waals surface area contributed by atoms with Gasteiger partial charge >= 0.3 is 0 Å². The van der Waals surface area contributed by atoms with Crippen LogP contribution in [-0.2, 0) is 4.74 Å². The van der Waals surface area contributed by atoms with Crippen molar-refractivity contribution in [3.05, 3.63) is 22.2 Å². The largest absolute Gasteiger partial charge is 0.397 e. The summed E-state index contributed by atoms with van der Waals surface area (Å²) in [5, 5.41) is 1.06. The monoisotopic (exact) mass is 288 g/mol. The van der Waals surface area contributed by atoms with Crippen molar-refractivity contribution in [3.8, 4) is 0 Å². The number of nitrogens with zero attached hydrogens (tertiary/aromatic N) is 1. The Hall–Kier alpha value is -0.640. The van der Waals surface area contributed by atoms with Crippen molar-refractivity contribution in [2.75, 3.05) is 37.4 Å². The summed E-state index contributed by atoms with van der Waals surface area (Å²) in [6, 6.07) is 3.58. The first kappa shape index (κ1) is 13.8. The van der Waals surface area contributed by atoms with Crippen molar-refractivity contribution < 1.29 is 4.74 Å². The van der Waals surface area contributed by atoms with E-state index in [-0.39, 0.29) is 0 Å². The van der Waals surface area contributed by atoms with Gasteiger partial charge in [0.05, 0.1) is 21.4 Å². The molecule has 0 aliphatic carbocycles. The minimum atomic E-state index is 0.507. The van der Waals surface area contributed by atoms with Crippen LogP contribution >= 0.6 is 23.2 Å². The van der Waals surface area contributed by atoms with Crippen LogP contribution in [0.1, 0.15) is 12.8 Å². The Balaban J connectivity index is 2.07. The summed E-state index contributed by atoms with van der Waals surface area (Å²) < 4.78 is 5.20. The van der Waals surface area contributed by atoms with E-state index in [1.807, 2.05) is 6.07 Å². The van der Waals surface area contributed by atoms with Crippen LogP contribution in [0, 0.1) is 5.92 Å². The molecule has 0 aromatic heterocycles. The summed E-state index contributed by atoms with van der Waals surface area (Å²) in [5.41, 5.74) is 7.68. The Labute approximate surface area is 118 Å². The second kappa shape index (κ2) is 6.00. The van der Waals surface area contributed by atoms with E-state index in [0.717, 1.165) is 38.2 Å². The molecule has 5 heteroatoms. The minimum absolute atomic E-state index is 0.507. The highest BCUT2D eigenvalue weighted by Crippen LogP contribution is 2.34. The highest BCUT2D eigenvalue weighted by atomic mass is 35.5. The summed E-state index contributed by atoms with van der Waals surface area (Å²) in [5.74, 6) is 0.648. The Morgan fingerprint density at radius 1 is 1.28 bits per heavy atom. The zero-order chi connectivity index (χ0) is 13.1. The van der Waals surface area contributed by atoms with Gasteiger partial charge in [-0.15, -0.1) is 0 Å². The van der Waals surface area contributed by atoms with Crippen LogP contribution < -0.4 is 10.6 Å². The van der Waals surface area contributed by atoms with Gasteiger partial charge in [0, 0.05) is 26.8 Å². The van der Waals surface area contributed by atoms with Crippen molar-refractivity contribution in [3.63, 3.8) is 0 Å². The van der Waals surface area contributed by atoms with Crippen LogP contribution in [0.5, 0.6) is 0 Å². The van der Waals surface area contributed by atoms with E-state index < -0.39 is 0 Å². The molecule has 1 aliphatic heterocycles. The lowest BCUT2D eigenvalue weighted by molar-refractivity contribution is 0.139. The van der Waals surface area contributed by atoms with E-state index >= 15 is 0 Å². The summed E-state index contributed by atoms with van der Waals surface area (Å²) in [6.45, 7) is 2.80. The van der Waals surface area contributed by atoms with E-state index in [9.17, 15) is 0 Å². The first-order valence-electron chi connectivity index (χ1n) is 6.10. The predicted octanol–water partition coefficient (Wildman–Crippen LogP) is 3.44. The fraction of sp³-hybridized carbons (Fsp3) is 0.538. The number of nitrogens with two attached hydrogens (primary N) is 1. The van der Waals surface area contributed by atoms with Gasteiger partial charge in [0.15, 0.2) is 0 Å². The van der Waals surface area contributed by atoms with Gasteiger partial charge in [-0.1, -0.05) is 23.2 Å². The molecule has 1 aromatic carbocycles. The quantitative estimate of drug-likeness (QED) is 0.866. The van der Waals surface area contributed by atoms with Gasteiger partial charge in [-0.3, -0.25) is 0 Å². The minimum Gasteiger partial charge on any atom is -0.397 e. The van der Waals surface area contributed by atoms with Gasteiger partial charge < -0.3 is 15.4 Å². The zero-order valence-electron chi connectivity index (χ0n) is 10.5. The van der Waals surface area contributed by atoms with E-state index in [0.29, 0.717) is 21.7 Å². The topological polar surface area (TPSA) is 38.5 Å². The summed E-state index contributed by atoms with van der Waals surface area (Å²) >= 11 is 12.0. The molecule has 0 saturated carbocycles. The summed E-state index contributed by atoms with van der Waals surface area (Å²) in [4.78, 5) is 2.27. The van der Waals surface area contributed by atoms with Crippen molar-refractivity contribution in [2.45, 2.75) is 12.8 Å². The normalized spacial score (nSPS) is 17.2. The number of hydrogen-bond acceptors (Lipinski definition) is 3. The van der Waals surface area contributed by atoms with Crippen LogP contribution in [0.15, 0.2) is 12.1 Å². The number of nitrogen functional groups attached to an aromatic ring is 1. The molecule has 1 aromatic rings. The Bertz CT molecular complexity index is 418. The predicted molar refractivity (Wildman–Crippen MR) is 77.7 cm³/mol. The van der Waals surface area contributed by atoms with Crippen LogP contribution in [0.2, 0.25) is 10.0 Å². The summed E-state index contributed by atoms with van der Waals surface area (Å²) in [6.07, 6.45) is 2.24. The molecular formula is C13H18Cl2N2O. The van der Waals surface area contributed by atoms with Crippen LogP contribution in [-0.4, -0.2) is 26.8 Å². The smallest absolute Gasteiger partial charge is 0.0615 e. The third-order valence-electron chi connectivity index (χ3n) is 3.43. The van der Waals surface area contributed by atoms with E-state index in [4.69, 9.17) is 33.7 Å². The maximum absolute atomic E-state index is 6.05. The second-order valence-corrected chi connectivity index (χ2v) is 5.53. The second-order valence-electron chi connectivity index (χ2n) is 4.71. The molecule has 0 bridgehead atoms. The van der Waals surface area contributed by atoms with Crippen LogP contribution in [0.4, 0.5) is 11.4 Å². The third kappa shape index (κ3) is 3.02. The van der Waals surface area contributed by atoms with Gasteiger partial charge in [0.2, 0.25) is 0 Å². The Morgan fingerprint density at radius 3 is 2.50 bits per heavy atom. The molecule has 100 valence electrons. The lowest BCUT2D eigenvalue weighted by Crippen LogP contribution is -2.35. The highest BCUT2D eigenvalue weighted by Gasteiger charge is 2.21. The van der Waals surface area contributed by atoms with E-state index in [1.54, 1.807) is 13.2 Å². The number of methoxy groups -OCH3 is 1. The molecule has 0 radical (unpaired) electrons. The van der Waals surface area contributed by atoms with Gasteiger partial charge in [0.25, 0.3) is 0 Å². The number of halogens is 2. The summed E-state index contributed by atoms with van der Waals surface area (Å²) in [7, 11) is 1.75. The molecule has 0 spiro atoms. The average Bonchev–Trinajstić information content (AvgIpc) is 2.35. The molecule has 18 heavy (non-hydrogen) atoms.